The molecule has 1 atom stereocenters. The molecule has 2 saturated heterocycles. The fourth-order valence-corrected chi connectivity index (χ4v) is 2.06. The van der Waals surface area contributed by atoms with E-state index in [4.69, 9.17) is 9.94 Å². The van der Waals surface area contributed by atoms with Gasteiger partial charge in [0, 0.05) is 32.5 Å². The summed E-state index contributed by atoms with van der Waals surface area (Å²) in [6, 6.07) is 0. The van der Waals surface area contributed by atoms with Crippen molar-refractivity contribution in [2.45, 2.75) is 31.8 Å². The van der Waals surface area contributed by atoms with Crippen molar-refractivity contribution < 1.29 is 14.7 Å². The van der Waals surface area contributed by atoms with Gasteiger partial charge in [0.05, 0.1) is 5.71 Å². The van der Waals surface area contributed by atoms with Crippen molar-refractivity contribution in [2.75, 3.05) is 19.7 Å². The minimum absolute atomic E-state index is 0.101. The molecule has 0 aliphatic carbocycles. The van der Waals surface area contributed by atoms with Crippen LogP contribution in [0, 0.1) is 0 Å². The molecule has 1 N–H and O–H groups in total. The molecule has 5 nitrogen and oxygen atoms in total. The highest BCUT2D eigenvalue weighted by Crippen LogP contribution is 2.17. The molecule has 0 aromatic carbocycles. The lowest BCUT2D eigenvalue weighted by Gasteiger charge is -2.29. The average Bonchev–Trinajstić information content (AvgIpc) is 2.82. The van der Waals surface area contributed by atoms with Gasteiger partial charge in [-0.1, -0.05) is 5.16 Å². The molecule has 1 amide bonds. The van der Waals surface area contributed by atoms with Crippen LogP contribution in [0.2, 0.25) is 0 Å². The second-order valence-corrected chi connectivity index (χ2v) is 3.99. The predicted octanol–water partition coefficient (Wildman–Crippen LogP) is 0.618. The smallest absolute Gasteiger partial charge is 0.251 e. The van der Waals surface area contributed by atoms with E-state index in [1.165, 1.54) is 0 Å². The van der Waals surface area contributed by atoms with Gasteiger partial charge < -0.3 is 14.8 Å². The highest BCUT2D eigenvalue weighted by Gasteiger charge is 2.29. The summed E-state index contributed by atoms with van der Waals surface area (Å²) in [4.78, 5) is 13.7. The monoisotopic (exact) mass is 212 g/mol. The van der Waals surface area contributed by atoms with Gasteiger partial charge in [-0.25, -0.2) is 0 Å². The molecular formula is C10H16N2O3. The molecule has 1 unspecified atom stereocenters. The van der Waals surface area contributed by atoms with Crippen molar-refractivity contribution in [3.8, 4) is 0 Å². The Morgan fingerprint density at radius 2 is 2.20 bits per heavy atom. The van der Waals surface area contributed by atoms with Crippen molar-refractivity contribution in [2.24, 2.45) is 5.16 Å². The van der Waals surface area contributed by atoms with Gasteiger partial charge in [-0.3, -0.25) is 4.79 Å². The number of piperidine rings is 1. The Labute approximate surface area is 88.7 Å². The summed E-state index contributed by atoms with van der Waals surface area (Å²) in [7, 11) is 0. The fraction of sp³-hybridized carbons (Fsp3) is 0.800. The van der Waals surface area contributed by atoms with Gasteiger partial charge in [-0.05, 0) is 12.8 Å². The van der Waals surface area contributed by atoms with Crippen LogP contribution in [0.4, 0.5) is 0 Å². The van der Waals surface area contributed by atoms with E-state index in [0.717, 1.165) is 18.6 Å². The lowest BCUT2D eigenvalue weighted by atomic mass is 10.1. The van der Waals surface area contributed by atoms with E-state index in [9.17, 15) is 4.79 Å². The highest BCUT2D eigenvalue weighted by atomic mass is 16.5. The SMILES string of the molecule is O=C(C1CCCO1)N1CCC(=NO)CC1. The van der Waals surface area contributed by atoms with Crippen molar-refractivity contribution in [3.05, 3.63) is 0 Å². The average molecular weight is 212 g/mol. The first-order chi connectivity index (χ1) is 7.31. The van der Waals surface area contributed by atoms with E-state index in [2.05, 4.69) is 5.16 Å². The first-order valence-electron chi connectivity index (χ1n) is 5.41. The summed E-state index contributed by atoms with van der Waals surface area (Å²) >= 11 is 0. The first-order valence-corrected chi connectivity index (χ1v) is 5.41. The lowest BCUT2D eigenvalue weighted by Crippen LogP contribution is -2.43. The Morgan fingerprint density at radius 3 is 2.73 bits per heavy atom. The van der Waals surface area contributed by atoms with Crippen LogP contribution in [0.5, 0.6) is 0 Å². The molecule has 0 bridgehead atoms. The van der Waals surface area contributed by atoms with Gasteiger partial charge in [0.2, 0.25) is 0 Å². The Balaban J connectivity index is 1.87. The number of rotatable bonds is 1. The molecule has 0 radical (unpaired) electrons. The van der Waals surface area contributed by atoms with E-state index >= 15 is 0 Å². The number of likely N-dealkylation sites (tertiary alicyclic amines) is 1. The molecule has 0 saturated carbocycles. The fourth-order valence-electron chi connectivity index (χ4n) is 2.06. The van der Waals surface area contributed by atoms with Gasteiger partial charge in [0.25, 0.3) is 5.91 Å². The molecule has 2 heterocycles. The molecule has 15 heavy (non-hydrogen) atoms. The molecular weight excluding hydrogens is 196 g/mol. The van der Waals surface area contributed by atoms with E-state index in [1.807, 2.05) is 4.90 Å². The van der Waals surface area contributed by atoms with E-state index in [1.54, 1.807) is 0 Å². The van der Waals surface area contributed by atoms with Crippen molar-refractivity contribution in [1.82, 2.24) is 4.90 Å². The third-order valence-corrected chi connectivity index (χ3v) is 3.00. The van der Waals surface area contributed by atoms with E-state index in [-0.39, 0.29) is 12.0 Å². The summed E-state index contributed by atoms with van der Waals surface area (Å²) in [5, 5.41) is 11.8. The van der Waals surface area contributed by atoms with E-state index < -0.39 is 0 Å². The Bertz CT molecular complexity index is 262. The zero-order valence-corrected chi connectivity index (χ0v) is 8.69. The summed E-state index contributed by atoms with van der Waals surface area (Å²) in [6.45, 7) is 2.00. The predicted molar refractivity (Wildman–Crippen MR) is 54.0 cm³/mol. The summed E-state index contributed by atoms with van der Waals surface area (Å²) in [6.07, 6.45) is 2.95. The number of hydrogen-bond donors (Lipinski definition) is 1. The normalized spacial score (nSPS) is 26.8. The Kier molecular flexibility index (Phi) is 3.20. The standard InChI is InChI=1S/C10H16N2O3/c13-10(9-2-1-7-15-9)12-5-3-8(11-14)4-6-12/h9,14H,1-7H2. The molecule has 84 valence electrons. The number of ether oxygens (including phenoxy) is 1. The molecule has 5 heteroatoms. The largest absolute Gasteiger partial charge is 0.411 e. The number of carbonyl (C=O) groups is 1. The van der Waals surface area contributed by atoms with Crippen LogP contribution in [0.15, 0.2) is 5.16 Å². The molecule has 0 spiro atoms. The van der Waals surface area contributed by atoms with Gasteiger partial charge in [-0.2, -0.15) is 0 Å². The van der Waals surface area contributed by atoms with Crippen LogP contribution in [-0.2, 0) is 9.53 Å². The first kappa shape index (κ1) is 10.4. The van der Waals surface area contributed by atoms with Crippen LogP contribution in [0.3, 0.4) is 0 Å². The van der Waals surface area contributed by atoms with Crippen molar-refractivity contribution in [3.63, 3.8) is 0 Å². The Hall–Kier alpha value is -1.10. The van der Waals surface area contributed by atoms with Crippen LogP contribution >= 0.6 is 0 Å². The Morgan fingerprint density at radius 1 is 1.47 bits per heavy atom. The van der Waals surface area contributed by atoms with Crippen molar-refractivity contribution >= 4 is 11.6 Å². The van der Waals surface area contributed by atoms with Gasteiger partial charge in [-0.15, -0.1) is 0 Å². The van der Waals surface area contributed by atoms with Crippen molar-refractivity contribution in [1.29, 1.82) is 0 Å². The maximum atomic E-state index is 11.9. The van der Waals surface area contributed by atoms with Crippen LogP contribution < -0.4 is 0 Å². The zero-order valence-electron chi connectivity index (χ0n) is 8.69. The second-order valence-electron chi connectivity index (χ2n) is 3.99. The van der Waals surface area contributed by atoms with Crippen LogP contribution in [0.1, 0.15) is 25.7 Å². The second kappa shape index (κ2) is 4.61. The van der Waals surface area contributed by atoms with Gasteiger partial charge >= 0.3 is 0 Å². The minimum Gasteiger partial charge on any atom is -0.411 e. The molecule has 0 aromatic rings. The summed E-state index contributed by atoms with van der Waals surface area (Å²) in [5.41, 5.74) is 0.784. The minimum atomic E-state index is -0.224. The molecule has 2 fully saturated rings. The van der Waals surface area contributed by atoms with Gasteiger partial charge in [0.1, 0.15) is 6.10 Å². The van der Waals surface area contributed by atoms with Crippen LogP contribution in [0.25, 0.3) is 0 Å². The maximum absolute atomic E-state index is 11.9. The molecule has 0 aromatic heterocycles. The summed E-state index contributed by atoms with van der Waals surface area (Å²) < 4.78 is 5.35. The number of carbonyl (C=O) groups excluding carboxylic acids is 1. The quantitative estimate of drug-likeness (QED) is 0.512. The number of hydrogen-bond acceptors (Lipinski definition) is 4. The number of amides is 1. The topological polar surface area (TPSA) is 62.1 Å². The highest BCUT2D eigenvalue weighted by molar-refractivity contribution is 5.88. The van der Waals surface area contributed by atoms with Gasteiger partial charge in [0.15, 0.2) is 0 Å². The van der Waals surface area contributed by atoms with E-state index in [0.29, 0.717) is 32.5 Å². The zero-order chi connectivity index (χ0) is 10.7. The third kappa shape index (κ3) is 2.28. The molecule has 2 rings (SSSR count). The van der Waals surface area contributed by atoms with Crippen LogP contribution in [-0.4, -0.2) is 47.5 Å². The molecule has 2 aliphatic heterocycles. The summed E-state index contributed by atoms with van der Waals surface area (Å²) in [5.74, 6) is 0.101. The maximum Gasteiger partial charge on any atom is 0.251 e. The number of nitrogens with zero attached hydrogens (tertiary/aromatic N) is 2. The third-order valence-electron chi connectivity index (χ3n) is 3.00. The lowest BCUT2D eigenvalue weighted by molar-refractivity contribution is -0.141. The molecule has 2 aliphatic rings. The number of oxime groups is 1.